The minimum absolute atomic E-state index is 0.213. The maximum absolute atomic E-state index is 13.5. The fraction of sp³-hybridized carbons (Fsp3) is 0.231. The third-order valence-electron chi connectivity index (χ3n) is 6.09. The number of halogens is 1. The molecule has 0 atom stereocenters. The summed E-state index contributed by atoms with van der Waals surface area (Å²) < 4.78 is 15.1. The number of aryl methyl sites for hydroxylation is 1. The van der Waals surface area contributed by atoms with Crippen molar-refractivity contribution in [2.24, 2.45) is 0 Å². The molecule has 4 aromatic rings. The first-order valence-corrected chi connectivity index (χ1v) is 11.5. The van der Waals surface area contributed by atoms with Crippen LogP contribution in [0.3, 0.4) is 0 Å². The Balaban J connectivity index is 1.36. The van der Waals surface area contributed by atoms with Gasteiger partial charge in [0.05, 0.1) is 6.54 Å². The normalized spacial score (nSPS) is 13.8. The van der Waals surface area contributed by atoms with Gasteiger partial charge in [-0.05, 0) is 42.8 Å². The van der Waals surface area contributed by atoms with Gasteiger partial charge >= 0.3 is 6.03 Å². The molecule has 1 N–H and O–H groups in total. The van der Waals surface area contributed by atoms with E-state index in [1.54, 1.807) is 33.9 Å². The molecule has 9 heteroatoms. The van der Waals surface area contributed by atoms with Crippen LogP contribution in [0.25, 0.3) is 11.2 Å². The average Bonchev–Trinajstić information content (AvgIpc) is 2.87. The fourth-order valence-corrected chi connectivity index (χ4v) is 4.18. The molecule has 1 saturated heterocycles. The van der Waals surface area contributed by atoms with Crippen molar-refractivity contribution in [3.05, 3.63) is 94.2 Å². The van der Waals surface area contributed by atoms with Crippen molar-refractivity contribution in [1.82, 2.24) is 19.4 Å². The molecule has 0 bridgehead atoms. The molecule has 5 rings (SSSR count). The van der Waals surface area contributed by atoms with Crippen molar-refractivity contribution in [3.8, 4) is 0 Å². The molecule has 0 spiro atoms. The van der Waals surface area contributed by atoms with Crippen LogP contribution in [0.4, 0.5) is 20.7 Å². The number of rotatable bonds is 4. The summed E-state index contributed by atoms with van der Waals surface area (Å²) in [6.45, 7) is 4.13. The molecule has 2 aromatic carbocycles. The standard InChI is InChI=1S/C26H25FN6O2/c1-18-7-9-19(10-8-18)17-33-23-22(6-3-11-28-23)30-24(25(33)34)31-12-14-32(15-13-31)26(35)29-21-5-2-4-20(27)16-21/h2-11,16H,12-15,17H2,1H3,(H,29,35). The SMILES string of the molecule is Cc1ccc(Cn2c(=O)c(N3CCN(C(=O)Nc4cccc(F)c4)CC3)nc3cccnc32)cc1. The van der Waals surface area contributed by atoms with E-state index >= 15 is 0 Å². The van der Waals surface area contributed by atoms with Crippen molar-refractivity contribution in [3.63, 3.8) is 0 Å². The zero-order valence-electron chi connectivity index (χ0n) is 19.3. The van der Waals surface area contributed by atoms with Crippen LogP contribution in [0.5, 0.6) is 0 Å². The van der Waals surface area contributed by atoms with Crippen molar-refractivity contribution < 1.29 is 9.18 Å². The second-order valence-electron chi connectivity index (χ2n) is 8.57. The Bertz CT molecular complexity index is 1430. The largest absolute Gasteiger partial charge is 0.348 e. The average molecular weight is 473 g/mol. The van der Waals surface area contributed by atoms with Crippen LogP contribution < -0.4 is 15.8 Å². The molecule has 3 heterocycles. The Morgan fingerprint density at radius 2 is 1.80 bits per heavy atom. The molecular formula is C26H25FN6O2. The van der Waals surface area contributed by atoms with E-state index in [4.69, 9.17) is 0 Å². The lowest BCUT2D eigenvalue weighted by Gasteiger charge is -2.35. The number of nitrogens with one attached hydrogen (secondary N) is 1. The number of benzene rings is 2. The predicted octanol–water partition coefficient (Wildman–Crippen LogP) is 3.64. The van der Waals surface area contributed by atoms with Crippen LogP contribution in [-0.2, 0) is 6.54 Å². The van der Waals surface area contributed by atoms with Crippen molar-refractivity contribution in [2.75, 3.05) is 36.4 Å². The lowest BCUT2D eigenvalue weighted by atomic mass is 10.1. The van der Waals surface area contributed by atoms with E-state index in [0.717, 1.165) is 11.1 Å². The smallest absolute Gasteiger partial charge is 0.321 e. The molecule has 35 heavy (non-hydrogen) atoms. The highest BCUT2D eigenvalue weighted by Crippen LogP contribution is 2.17. The van der Waals surface area contributed by atoms with Crippen LogP contribution in [0, 0.1) is 12.7 Å². The molecule has 8 nitrogen and oxygen atoms in total. The molecule has 1 aliphatic heterocycles. The molecule has 1 fully saturated rings. The predicted molar refractivity (Wildman–Crippen MR) is 133 cm³/mol. The fourth-order valence-electron chi connectivity index (χ4n) is 4.18. The van der Waals surface area contributed by atoms with Gasteiger partial charge in [-0.15, -0.1) is 0 Å². The van der Waals surface area contributed by atoms with Crippen LogP contribution in [-0.4, -0.2) is 51.6 Å². The lowest BCUT2D eigenvalue weighted by molar-refractivity contribution is 0.208. The van der Waals surface area contributed by atoms with Gasteiger partial charge in [-0.2, -0.15) is 0 Å². The summed E-state index contributed by atoms with van der Waals surface area (Å²) in [7, 11) is 0. The molecule has 0 unspecified atom stereocenters. The Labute approximate surface area is 201 Å². The number of fused-ring (bicyclic) bond motifs is 1. The maximum Gasteiger partial charge on any atom is 0.321 e. The number of urea groups is 1. The number of hydrogen-bond donors (Lipinski definition) is 1. The van der Waals surface area contributed by atoms with Crippen LogP contribution in [0.1, 0.15) is 11.1 Å². The third kappa shape index (κ3) is 4.84. The van der Waals surface area contributed by atoms with Gasteiger partial charge in [0.25, 0.3) is 5.56 Å². The van der Waals surface area contributed by atoms with Gasteiger partial charge in [0, 0.05) is 38.1 Å². The summed E-state index contributed by atoms with van der Waals surface area (Å²) in [6, 6.07) is 17.2. The Morgan fingerprint density at radius 1 is 1.03 bits per heavy atom. The molecule has 178 valence electrons. The van der Waals surface area contributed by atoms with Gasteiger partial charge < -0.3 is 15.1 Å². The molecule has 0 radical (unpaired) electrons. The highest BCUT2D eigenvalue weighted by Gasteiger charge is 2.25. The first-order valence-electron chi connectivity index (χ1n) is 11.5. The van der Waals surface area contributed by atoms with Gasteiger partial charge in [0.15, 0.2) is 11.5 Å². The van der Waals surface area contributed by atoms with E-state index in [1.165, 1.54) is 12.1 Å². The summed E-state index contributed by atoms with van der Waals surface area (Å²) in [5, 5.41) is 2.72. The van der Waals surface area contributed by atoms with Crippen molar-refractivity contribution in [2.45, 2.75) is 13.5 Å². The van der Waals surface area contributed by atoms with Crippen LogP contribution in [0.2, 0.25) is 0 Å². The summed E-state index contributed by atoms with van der Waals surface area (Å²) in [4.78, 5) is 38.8. The Hall–Kier alpha value is -4.27. The first-order chi connectivity index (χ1) is 17.0. The number of carbonyl (C=O) groups is 1. The maximum atomic E-state index is 13.5. The lowest BCUT2D eigenvalue weighted by Crippen LogP contribution is -2.51. The Morgan fingerprint density at radius 3 is 2.54 bits per heavy atom. The van der Waals surface area contributed by atoms with Gasteiger partial charge in [-0.1, -0.05) is 35.9 Å². The van der Waals surface area contributed by atoms with Gasteiger partial charge in [0.2, 0.25) is 0 Å². The summed E-state index contributed by atoms with van der Waals surface area (Å²) >= 11 is 0. The highest BCUT2D eigenvalue weighted by atomic mass is 19.1. The van der Waals surface area contributed by atoms with E-state index in [-0.39, 0.29) is 11.6 Å². The van der Waals surface area contributed by atoms with Gasteiger partial charge in [0.1, 0.15) is 11.3 Å². The number of aromatic nitrogens is 3. The van der Waals surface area contributed by atoms with Gasteiger partial charge in [-0.3, -0.25) is 9.36 Å². The van der Waals surface area contributed by atoms with Gasteiger partial charge in [-0.25, -0.2) is 19.2 Å². The topological polar surface area (TPSA) is 83.4 Å². The van der Waals surface area contributed by atoms with E-state index in [2.05, 4.69) is 15.3 Å². The van der Waals surface area contributed by atoms with Crippen molar-refractivity contribution >= 4 is 28.7 Å². The first kappa shape index (κ1) is 22.5. The molecule has 0 saturated carbocycles. The highest BCUT2D eigenvalue weighted by molar-refractivity contribution is 5.89. The number of piperazine rings is 1. The number of carbonyl (C=O) groups excluding carboxylic acids is 1. The molecule has 0 aliphatic carbocycles. The number of amides is 2. The van der Waals surface area contributed by atoms with E-state index in [1.807, 2.05) is 42.2 Å². The molecule has 1 aliphatic rings. The van der Waals surface area contributed by atoms with E-state index < -0.39 is 5.82 Å². The second-order valence-corrected chi connectivity index (χ2v) is 8.57. The van der Waals surface area contributed by atoms with Crippen LogP contribution >= 0.6 is 0 Å². The zero-order valence-corrected chi connectivity index (χ0v) is 19.3. The molecule has 2 aromatic heterocycles. The number of nitrogens with zero attached hydrogens (tertiary/aromatic N) is 5. The minimum atomic E-state index is -0.411. The van der Waals surface area contributed by atoms with Crippen LogP contribution in [0.15, 0.2) is 71.7 Å². The quantitative estimate of drug-likeness (QED) is 0.490. The molecular weight excluding hydrogens is 447 g/mol. The third-order valence-corrected chi connectivity index (χ3v) is 6.09. The summed E-state index contributed by atoms with van der Waals surface area (Å²) in [6.07, 6.45) is 1.66. The second kappa shape index (κ2) is 9.54. The van der Waals surface area contributed by atoms with Crippen molar-refractivity contribution in [1.29, 1.82) is 0 Å². The summed E-state index contributed by atoms with van der Waals surface area (Å²) in [5.41, 5.74) is 3.52. The Kier molecular flexibility index (Phi) is 6.13. The molecule has 2 amide bonds. The van der Waals surface area contributed by atoms with E-state index in [0.29, 0.717) is 55.4 Å². The zero-order chi connectivity index (χ0) is 24.4. The minimum Gasteiger partial charge on any atom is -0.348 e. The number of hydrogen-bond acceptors (Lipinski definition) is 5. The monoisotopic (exact) mass is 472 g/mol. The number of pyridine rings is 1. The van der Waals surface area contributed by atoms with E-state index in [9.17, 15) is 14.0 Å². The summed E-state index contributed by atoms with van der Waals surface area (Å²) in [5.74, 6) is -0.0609. The number of anilines is 2.